The Kier molecular flexibility index (Phi) is 14.2. The van der Waals surface area contributed by atoms with Crippen molar-refractivity contribution >= 4 is 23.7 Å². The minimum atomic E-state index is -1.02. The fraction of sp³-hybridized carbons (Fsp3) is 0.333. The van der Waals surface area contributed by atoms with E-state index in [1.807, 2.05) is 19.1 Å². The molecule has 0 aliphatic rings. The summed E-state index contributed by atoms with van der Waals surface area (Å²) in [7, 11) is 0. The molecule has 2 unspecified atom stereocenters. The van der Waals surface area contributed by atoms with Crippen LogP contribution < -0.4 is 16.0 Å². The van der Waals surface area contributed by atoms with E-state index in [1.54, 1.807) is 6.92 Å². The molecule has 0 saturated carbocycles. The first-order valence-corrected chi connectivity index (χ1v) is 10.2. The fourth-order valence-corrected chi connectivity index (χ4v) is 2.33. The van der Waals surface area contributed by atoms with Crippen molar-refractivity contribution in [2.75, 3.05) is 6.54 Å². The third-order valence-electron chi connectivity index (χ3n) is 3.84. The number of carboxylic acids is 1. The number of likely N-dealkylation sites (N-methyl/N-ethyl adjacent to an activating group) is 1. The number of carbonyl (C=O) groups is 4. The minimum Gasteiger partial charge on any atom is -0.480 e. The van der Waals surface area contributed by atoms with Crippen LogP contribution in [0.2, 0.25) is 0 Å². The van der Waals surface area contributed by atoms with Crippen LogP contribution in [0, 0.1) is 0 Å². The summed E-state index contributed by atoms with van der Waals surface area (Å²) in [5.74, 6) is -1.69. The highest BCUT2D eigenvalue weighted by atomic mass is 16.4. The molecule has 0 aliphatic carbocycles. The van der Waals surface area contributed by atoms with Crippen molar-refractivity contribution in [1.29, 1.82) is 0 Å². The molecule has 0 spiro atoms. The van der Waals surface area contributed by atoms with Crippen molar-refractivity contribution < 1.29 is 24.3 Å². The van der Waals surface area contributed by atoms with Gasteiger partial charge in [0.1, 0.15) is 12.1 Å². The van der Waals surface area contributed by atoms with E-state index in [0.717, 1.165) is 0 Å². The summed E-state index contributed by atoms with van der Waals surface area (Å²) < 4.78 is 0. The Labute approximate surface area is 189 Å². The highest BCUT2D eigenvalue weighted by Crippen LogP contribution is 2.17. The third kappa shape index (κ3) is 13.5. The molecule has 32 heavy (non-hydrogen) atoms. The van der Waals surface area contributed by atoms with Gasteiger partial charge >= 0.3 is 5.97 Å². The van der Waals surface area contributed by atoms with Gasteiger partial charge in [0.15, 0.2) is 0 Å². The monoisotopic (exact) mass is 443 g/mol. The van der Waals surface area contributed by atoms with Crippen molar-refractivity contribution in [1.82, 2.24) is 16.0 Å². The molecule has 174 valence electrons. The quantitative estimate of drug-likeness (QED) is 0.546. The van der Waals surface area contributed by atoms with E-state index in [-0.39, 0.29) is 17.7 Å². The molecule has 0 radical (unpaired) electrons. The van der Waals surface area contributed by atoms with Gasteiger partial charge in [-0.25, -0.2) is 0 Å². The average molecular weight is 444 g/mol. The smallest absolute Gasteiger partial charge is 0.325 e. The number of rotatable bonds is 6. The first-order valence-electron chi connectivity index (χ1n) is 10.2. The first-order chi connectivity index (χ1) is 15.1. The van der Waals surface area contributed by atoms with Crippen molar-refractivity contribution in [3.63, 3.8) is 0 Å². The second-order valence-corrected chi connectivity index (χ2v) is 6.81. The topological polar surface area (TPSA) is 125 Å². The van der Waals surface area contributed by atoms with Gasteiger partial charge < -0.3 is 21.1 Å². The molecule has 4 N–H and O–H groups in total. The van der Waals surface area contributed by atoms with E-state index >= 15 is 0 Å². The molecule has 0 bridgehead atoms. The van der Waals surface area contributed by atoms with E-state index in [2.05, 4.69) is 64.5 Å². The van der Waals surface area contributed by atoms with Crippen LogP contribution in [0.4, 0.5) is 0 Å². The summed E-state index contributed by atoms with van der Waals surface area (Å²) >= 11 is 0. The van der Waals surface area contributed by atoms with E-state index in [9.17, 15) is 19.2 Å². The van der Waals surface area contributed by atoms with Gasteiger partial charge in [0.2, 0.25) is 17.7 Å². The standard InChI is InChI=1S/C12H10.C7H14N2O2.C5H9NO3/c1-3-7-11(8-4-1)12-9-5-2-6-10-12;1-4-8-7(11)5(2)9-6(3)10;1-3(5(8)9)6-4(2)7/h1-10H;5H,4H2,1-3H3,(H,8,11)(H,9,10);3H,1-2H3,(H,6,7)(H,8,9). The fourth-order valence-electron chi connectivity index (χ4n) is 2.33. The maximum absolute atomic E-state index is 11.0. The normalized spacial score (nSPS) is 11.2. The van der Waals surface area contributed by atoms with Gasteiger partial charge in [0, 0.05) is 20.4 Å². The predicted molar refractivity (Wildman–Crippen MR) is 125 cm³/mol. The molecule has 2 aromatic carbocycles. The molecule has 0 heterocycles. The number of carbonyl (C=O) groups excluding carboxylic acids is 3. The molecule has 0 aromatic heterocycles. The summed E-state index contributed by atoms with van der Waals surface area (Å²) in [6.45, 7) is 8.13. The zero-order valence-corrected chi connectivity index (χ0v) is 19.2. The van der Waals surface area contributed by atoms with Crippen LogP contribution in [0.25, 0.3) is 11.1 Å². The van der Waals surface area contributed by atoms with Crippen LogP contribution in [-0.4, -0.2) is 47.4 Å². The highest BCUT2D eigenvalue weighted by Gasteiger charge is 2.11. The lowest BCUT2D eigenvalue weighted by atomic mass is 10.1. The number of carboxylic acid groups (broad SMARTS) is 1. The third-order valence-corrected chi connectivity index (χ3v) is 3.84. The zero-order valence-electron chi connectivity index (χ0n) is 19.2. The summed E-state index contributed by atoms with van der Waals surface area (Å²) in [6.07, 6.45) is 0. The van der Waals surface area contributed by atoms with Gasteiger partial charge in [-0.3, -0.25) is 19.2 Å². The Hall–Kier alpha value is -3.68. The molecule has 0 saturated heterocycles. The number of hydrogen-bond donors (Lipinski definition) is 4. The Morgan fingerprint density at radius 2 is 1.12 bits per heavy atom. The molecule has 0 aliphatic heterocycles. The minimum absolute atomic E-state index is 0.150. The Balaban J connectivity index is 0.000000457. The zero-order chi connectivity index (χ0) is 24.5. The highest BCUT2D eigenvalue weighted by molar-refractivity contribution is 5.86. The number of benzene rings is 2. The van der Waals surface area contributed by atoms with Crippen molar-refractivity contribution in [2.45, 2.75) is 46.7 Å². The molecule has 2 atom stereocenters. The van der Waals surface area contributed by atoms with Gasteiger partial charge in [-0.15, -0.1) is 0 Å². The maximum atomic E-state index is 11.0. The van der Waals surface area contributed by atoms with Gasteiger partial charge in [0.25, 0.3) is 0 Å². The van der Waals surface area contributed by atoms with E-state index in [4.69, 9.17) is 5.11 Å². The average Bonchev–Trinajstić information content (AvgIpc) is 2.75. The van der Waals surface area contributed by atoms with Crippen LogP contribution in [-0.2, 0) is 19.2 Å². The summed E-state index contributed by atoms with van der Waals surface area (Å²) in [4.78, 5) is 41.6. The van der Waals surface area contributed by atoms with Gasteiger partial charge in [-0.2, -0.15) is 0 Å². The number of amides is 3. The number of aliphatic carboxylic acids is 1. The first kappa shape index (κ1) is 28.3. The van der Waals surface area contributed by atoms with Crippen molar-refractivity contribution in [2.24, 2.45) is 0 Å². The van der Waals surface area contributed by atoms with Gasteiger partial charge in [-0.1, -0.05) is 60.7 Å². The van der Waals surface area contributed by atoms with Crippen LogP contribution in [0.15, 0.2) is 60.7 Å². The van der Waals surface area contributed by atoms with Crippen LogP contribution >= 0.6 is 0 Å². The van der Waals surface area contributed by atoms with E-state index in [0.29, 0.717) is 6.54 Å². The van der Waals surface area contributed by atoms with Crippen LogP contribution in [0.3, 0.4) is 0 Å². The predicted octanol–water partition coefficient (Wildman–Crippen LogP) is 2.60. The molecule has 2 aromatic rings. The SMILES string of the molecule is CC(=O)NC(C)C(=O)O.CCNC(=O)C(C)NC(C)=O.c1ccc(-c2ccccc2)cc1. The summed E-state index contributed by atoms with van der Waals surface area (Å²) in [6, 6.07) is 19.6. The molecule has 8 nitrogen and oxygen atoms in total. The molecule has 8 heteroatoms. The van der Waals surface area contributed by atoms with E-state index in [1.165, 1.54) is 31.9 Å². The lowest BCUT2D eigenvalue weighted by Crippen LogP contribution is -2.43. The number of nitrogens with one attached hydrogen (secondary N) is 3. The number of hydrogen-bond acceptors (Lipinski definition) is 4. The summed E-state index contributed by atoms with van der Waals surface area (Å²) in [5, 5.41) is 15.5. The maximum Gasteiger partial charge on any atom is 0.325 e. The van der Waals surface area contributed by atoms with Crippen molar-refractivity contribution in [3.8, 4) is 11.1 Å². The van der Waals surface area contributed by atoms with Gasteiger partial charge in [0.05, 0.1) is 0 Å². The lowest BCUT2D eigenvalue weighted by molar-refractivity contribution is -0.141. The van der Waals surface area contributed by atoms with E-state index < -0.39 is 18.1 Å². The molecular formula is C24H33N3O5. The lowest BCUT2D eigenvalue weighted by Gasteiger charge is -2.10. The largest absolute Gasteiger partial charge is 0.480 e. The second kappa shape index (κ2) is 16.1. The Morgan fingerprint density at radius 3 is 1.41 bits per heavy atom. The van der Waals surface area contributed by atoms with Crippen LogP contribution in [0.1, 0.15) is 34.6 Å². The van der Waals surface area contributed by atoms with Crippen molar-refractivity contribution in [3.05, 3.63) is 60.7 Å². The molecule has 2 rings (SSSR count). The molecular weight excluding hydrogens is 410 g/mol. The van der Waals surface area contributed by atoms with Crippen LogP contribution in [0.5, 0.6) is 0 Å². The molecule has 3 amide bonds. The second-order valence-electron chi connectivity index (χ2n) is 6.81. The summed E-state index contributed by atoms with van der Waals surface area (Å²) in [5.41, 5.74) is 2.55. The van der Waals surface area contributed by atoms with Gasteiger partial charge in [-0.05, 0) is 31.9 Å². The Morgan fingerprint density at radius 1 is 0.750 bits per heavy atom. The Bertz CT molecular complexity index is 804. The molecule has 0 fully saturated rings.